The first-order chi connectivity index (χ1) is 10.9. The summed E-state index contributed by atoms with van der Waals surface area (Å²) in [5.41, 5.74) is 2.35. The molecule has 0 amide bonds. The van der Waals surface area contributed by atoms with Crippen molar-refractivity contribution in [3.8, 4) is 0 Å². The van der Waals surface area contributed by atoms with Gasteiger partial charge in [-0.2, -0.15) is 0 Å². The minimum atomic E-state index is 0. The zero-order valence-corrected chi connectivity index (χ0v) is 19.9. The molecule has 0 aliphatic heterocycles. The number of rotatable bonds is 8. The van der Waals surface area contributed by atoms with Crippen LogP contribution in [0.1, 0.15) is 31.5 Å². The number of para-hydroxylation sites is 2. The zero-order valence-electron chi connectivity index (χ0n) is 15.6. The molecule has 0 unspecified atom stereocenters. The number of oxime groups is 1. The van der Waals surface area contributed by atoms with Gasteiger partial charge in [0.1, 0.15) is 0 Å². The monoisotopic (exact) mass is 572 g/mol. The van der Waals surface area contributed by atoms with Crippen molar-refractivity contribution in [2.24, 2.45) is 12.2 Å². The van der Waals surface area contributed by atoms with Crippen LogP contribution in [-0.2, 0) is 13.6 Å². The molecule has 0 atom stereocenters. The Bertz CT molecular complexity index is 678. The van der Waals surface area contributed by atoms with E-state index in [2.05, 4.69) is 53.6 Å². The quantitative estimate of drug-likeness (QED) is 0.0669. The fraction of sp³-hybridized carbons (Fsp3) is 0.556. The number of benzene rings is 1. The lowest BCUT2D eigenvalue weighted by molar-refractivity contribution is -0.870. The number of hydrogen-bond acceptors (Lipinski definition) is 2. The first kappa shape index (κ1) is 24.6. The molecule has 2 rings (SSSR count). The van der Waals surface area contributed by atoms with Gasteiger partial charge in [-0.05, 0) is 37.8 Å². The second-order valence-electron chi connectivity index (χ2n) is 7.23. The summed E-state index contributed by atoms with van der Waals surface area (Å²) in [4.78, 5) is 0. The molecule has 1 aromatic carbocycles. The number of nitrogens with zero attached hydrogens (tertiary/aromatic N) is 4. The average molecular weight is 572 g/mol. The van der Waals surface area contributed by atoms with E-state index in [-0.39, 0.29) is 48.0 Å². The van der Waals surface area contributed by atoms with E-state index >= 15 is 0 Å². The topological polar surface area (TPSA) is 41.4 Å². The average Bonchev–Trinajstić information content (AvgIpc) is 2.76. The smallest absolute Gasteiger partial charge is 0.304 e. The highest BCUT2D eigenvalue weighted by molar-refractivity contribution is 5.80. The van der Waals surface area contributed by atoms with E-state index in [0.29, 0.717) is 0 Å². The van der Waals surface area contributed by atoms with Crippen LogP contribution in [0.25, 0.3) is 11.0 Å². The van der Waals surface area contributed by atoms with E-state index in [1.54, 1.807) is 0 Å². The van der Waals surface area contributed by atoms with Crippen molar-refractivity contribution in [3.63, 3.8) is 0 Å². The molecule has 5 nitrogen and oxygen atoms in total. The van der Waals surface area contributed by atoms with Gasteiger partial charge in [0, 0.05) is 0 Å². The molecule has 0 aliphatic rings. The van der Waals surface area contributed by atoms with Gasteiger partial charge in [-0.15, -0.1) is 0 Å². The summed E-state index contributed by atoms with van der Waals surface area (Å²) in [5.74, 6) is 0.931. The van der Waals surface area contributed by atoms with Crippen molar-refractivity contribution in [2.75, 3.05) is 27.7 Å². The van der Waals surface area contributed by atoms with E-state index in [0.717, 1.165) is 28.8 Å². The highest BCUT2D eigenvalue weighted by Gasteiger charge is 2.20. The minimum absolute atomic E-state index is 0. The second-order valence-corrected chi connectivity index (χ2v) is 7.23. The maximum absolute atomic E-state index is 8.95. The molecule has 7 heteroatoms. The van der Waals surface area contributed by atoms with Crippen molar-refractivity contribution in [3.05, 3.63) is 30.1 Å². The molecule has 0 fully saturated rings. The SMILES string of the molecule is C[n+]1c(/C=N/O)n(CCCCCC[N+](C)(C)C)c2ccccc21.[I-].[I-]. The molecule has 0 saturated heterocycles. The Morgan fingerprint density at radius 2 is 1.72 bits per heavy atom. The fourth-order valence-electron chi connectivity index (χ4n) is 3.06. The number of halogens is 2. The molecule has 142 valence electrons. The molecule has 1 aromatic heterocycles. The summed E-state index contributed by atoms with van der Waals surface area (Å²) in [6.45, 7) is 2.18. The Morgan fingerprint density at radius 1 is 1.08 bits per heavy atom. The lowest BCUT2D eigenvalue weighted by Crippen LogP contribution is -3.00. The van der Waals surface area contributed by atoms with Gasteiger partial charge in [-0.1, -0.05) is 17.3 Å². The summed E-state index contributed by atoms with van der Waals surface area (Å²) < 4.78 is 5.36. The van der Waals surface area contributed by atoms with E-state index in [4.69, 9.17) is 5.21 Å². The number of unbranched alkanes of at least 4 members (excludes halogenated alkanes) is 3. The standard InChI is InChI=1S/C18H29N4O.2HI/c1-20-16-11-7-8-12-17(16)21(18(20)15-19-23)13-9-5-6-10-14-22(2,3)4;;/h7-8,11-12,15H,5-6,9-10,13-14H2,1-4H3;2*1H/q+1;;/p-1. The molecule has 1 N–H and O–H groups in total. The van der Waals surface area contributed by atoms with Crippen molar-refractivity contribution >= 4 is 17.2 Å². The Labute approximate surface area is 185 Å². The van der Waals surface area contributed by atoms with Crippen LogP contribution in [0.15, 0.2) is 29.4 Å². The van der Waals surface area contributed by atoms with Crippen LogP contribution >= 0.6 is 0 Å². The molecule has 25 heavy (non-hydrogen) atoms. The molecule has 0 bridgehead atoms. The zero-order chi connectivity index (χ0) is 16.9. The Balaban J connectivity index is 0.00000288. The van der Waals surface area contributed by atoms with Crippen molar-refractivity contribution in [1.82, 2.24) is 4.57 Å². The van der Waals surface area contributed by atoms with E-state index in [1.807, 2.05) is 13.1 Å². The number of quaternary nitrogens is 1. The third-order valence-electron chi connectivity index (χ3n) is 4.29. The minimum Gasteiger partial charge on any atom is -1.00 e. The third kappa shape index (κ3) is 7.01. The first-order valence-electron chi connectivity index (χ1n) is 8.39. The fourth-order valence-corrected chi connectivity index (χ4v) is 3.06. The molecule has 0 radical (unpaired) electrons. The summed E-state index contributed by atoms with van der Waals surface area (Å²) in [7, 11) is 8.74. The summed E-state index contributed by atoms with van der Waals surface area (Å²) in [6, 6.07) is 8.32. The summed E-state index contributed by atoms with van der Waals surface area (Å²) >= 11 is 0. The van der Waals surface area contributed by atoms with Gasteiger partial charge < -0.3 is 57.6 Å². The highest BCUT2D eigenvalue weighted by Crippen LogP contribution is 2.15. The normalized spacial score (nSPS) is 11.5. The van der Waals surface area contributed by atoms with Gasteiger partial charge in [0.25, 0.3) is 0 Å². The third-order valence-corrected chi connectivity index (χ3v) is 4.29. The van der Waals surface area contributed by atoms with Crippen LogP contribution in [0.5, 0.6) is 0 Å². The number of aromatic nitrogens is 2. The highest BCUT2D eigenvalue weighted by atomic mass is 127. The molecule has 2 aromatic rings. The Morgan fingerprint density at radius 3 is 2.36 bits per heavy atom. The lowest BCUT2D eigenvalue weighted by atomic mass is 10.2. The predicted octanol–water partition coefficient (Wildman–Crippen LogP) is -3.45. The van der Waals surface area contributed by atoms with Crippen LogP contribution in [-0.4, -0.2) is 48.2 Å². The van der Waals surface area contributed by atoms with Gasteiger partial charge in [-0.25, -0.2) is 9.13 Å². The number of fused-ring (bicyclic) bond motifs is 1. The number of imidazole rings is 1. The van der Waals surface area contributed by atoms with Crippen molar-refractivity contribution in [2.45, 2.75) is 32.2 Å². The van der Waals surface area contributed by atoms with E-state index in [9.17, 15) is 0 Å². The van der Waals surface area contributed by atoms with E-state index < -0.39 is 0 Å². The largest absolute Gasteiger partial charge is 1.00 e. The van der Waals surface area contributed by atoms with Crippen LogP contribution < -0.4 is 52.5 Å². The molecular formula is C18H30I2N4O. The van der Waals surface area contributed by atoms with Gasteiger partial charge in [0.2, 0.25) is 0 Å². The molecule has 0 saturated carbocycles. The molecule has 0 spiro atoms. The Hall–Kier alpha value is -0.420. The maximum Gasteiger partial charge on any atom is 0.304 e. The molecule has 1 heterocycles. The summed E-state index contributed by atoms with van der Waals surface area (Å²) in [6.07, 6.45) is 6.43. The van der Waals surface area contributed by atoms with Gasteiger partial charge in [-0.3, -0.25) is 0 Å². The summed E-state index contributed by atoms with van der Waals surface area (Å²) in [5, 5.41) is 12.2. The number of hydrogen-bond donors (Lipinski definition) is 1. The van der Waals surface area contributed by atoms with Crippen LogP contribution in [0.2, 0.25) is 0 Å². The van der Waals surface area contributed by atoms with Crippen LogP contribution in [0.3, 0.4) is 0 Å². The van der Waals surface area contributed by atoms with Crippen molar-refractivity contribution < 1.29 is 62.2 Å². The predicted molar refractivity (Wildman–Crippen MR) is 93.9 cm³/mol. The Kier molecular flexibility index (Phi) is 11.1. The number of aryl methyl sites for hydroxylation is 2. The van der Waals surface area contributed by atoms with Crippen molar-refractivity contribution in [1.29, 1.82) is 0 Å². The van der Waals surface area contributed by atoms with Crippen LogP contribution in [0, 0.1) is 0 Å². The van der Waals surface area contributed by atoms with Gasteiger partial charge >= 0.3 is 5.82 Å². The first-order valence-corrected chi connectivity index (χ1v) is 8.39. The van der Waals surface area contributed by atoms with Crippen LogP contribution in [0.4, 0.5) is 0 Å². The van der Waals surface area contributed by atoms with Gasteiger partial charge in [0.15, 0.2) is 17.2 Å². The molecule has 0 aliphatic carbocycles. The van der Waals surface area contributed by atoms with Gasteiger partial charge in [0.05, 0.1) is 41.3 Å². The lowest BCUT2D eigenvalue weighted by Gasteiger charge is -2.23. The maximum atomic E-state index is 8.95. The molecular weight excluding hydrogens is 542 g/mol. The second kappa shape index (κ2) is 11.3. The van der Waals surface area contributed by atoms with E-state index in [1.165, 1.54) is 37.5 Å².